The lowest BCUT2D eigenvalue weighted by Crippen LogP contribution is -2.40. The van der Waals surface area contributed by atoms with Crippen LogP contribution in [0.1, 0.15) is 29.7 Å². The van der Waals surface area contributed by atoms with Crippen LogP contribution in [-0.2, 0) is 25.5 Å². The number of carbonyl (C=O) groups excluding carboxylic acids is 2. The molecule has 1 aliphatic heterocycles. The second-order valence-electron chi connectivity index (χ2n) is 7.99. The van der Waals surface area contributed by atoms with Crippen LogP contribution in [0.25, 0.3) is 11.0 Å². The number of esters is 2. The van der Waals surface area contributed by atoms with Gasteiger partial charge in [0.25, 0.3) is 0 Å². The van der Waals surface area contributed by atoms with Crippen LogP contribution in [0.3, 0.4) is 0 Å². The second kappa shape index (κ2) is 9.39. The molecule has 2 aromatic carbocycles. The van der Waals surface area contributed by atoms with Crippen molar-refractivity contribution in [2.75, 3.05) is 19.1 Å². The molecule has 0 spiro atoms. The highest BCUT2D eigenvalue weighted by Gasteiger charge is 2.43. The number of fused-ring (bicyclic) bond motifs is 1. The minimum atomic E-state index is -0.928. The number of furan rings is 1. The first-order valence-corrected chi connectivity index (χ1v) is 11.1. The number of benzene rings is 2. The molecule has 0 amide bonds. The van der Waals surface area contributed by atoms with Gasteiger partial charge in [-0.1, -0.05) is 49.4 Å². The number of nitrogens with two attached hydrogens (primary N) is 1. The van der Waals surface area contributed by atoms with Crippen molar-refractivity contribution in [3.63, 3.8) is 0 Å². The standard InChI is InChI=1S/C27H25N3O5/c1-5-20-15(2)17-12-9-13-19(24(17)35-20)30-23(27(32)34-4)22(26(31)33-3)21(18(14-28)25(30)29)16-10-7-6-8-11-16/h6-13,21H,5,29H2,1-4H3. The normalized spacial score (nSPS) is 15.9. The van der Waals surface area contributed by atoms with E-state index in [0.717, 1.165) is 16.7 Å². The zero-order valence-electron chi connectivity index (χ0n) is 19.9. The fraction of sp³-hybridized carbons (Fsp3) is 0.222. The lowest BCUT2D eigenvalue weighted by molar-refractivity contribution is -0.139. The molecular formula is C27H25N3O5. The molecule has 8 heteroatoms. The van der Waals surface area contributed by atoms with Crippen molar-refractivity contribution in [3.8, 4) is 6.07 Å². The van der Waals surface area contributed by atoms with E-state index in [-0.39, 0.29) is 22.7 Å². The topological polar surface area (TPSA) is 119 Å². The summed E-state index contributed by atoms with van der Waals surface area (Å²) in [5.74, 6) is -1.73. The van der Waals surface area contributed by atoms with Crippen LogP contribution in [0.4, 0.5) is 5.69 Å². The van der Waals surface area contributed by atoms with Gasteiger partial charge in [0.2, 0.25) is 0 Å². The predicted molar refractivity (Wildman–Crippen MR) is 130 cm³/mol. The van der Waals surface area contributed by atoms with Crippen molar-refractivity contribution in [2.24, 2.45) is 5.73 Å². The fourth-order valence-electron chi connectivity index (χ4n) is 4.55. The van der Waals surface area contributed by atoms with Gasteiger partial charge in [-0.05, 0) is 24.1 Å². The smallest absolute Gasteiger partial charge is 0.355 e. The Morgan fingerprint density at radius 3 is 2.37 bits per heavy atom. The summed E-state index contributed by atoms with van der Waals surface area (Å²) < 4.78 is 16.3. The number of carbonyl (C=O) groups is 2. The van der Waals surface area contributed by atoms with E-state index in [4.69, 9.17) is 19.6 Å². The average molecular weight is 472 g/mol. The maximum absolute atomic E-state index is 13.2. The Morgan fingerprint density at radius 1 is 1.09 bits per heavy atom. The van der Waals surface area contributed by atoms with Crippen LogP contribution < -0.4 is 10.6 Å². The quantitative estimate of drug-likeness (QED) is 0.550. The van der Waals surface area contributed by atoms with Gasteiger partial charge in [-0.2, -0.15) is 5.26 Å². The van der Waals surface area contributed by atoms with Crippen molar-refractivity contribution in [1.82, 2.24) is 0 Å². The van der Waals surface area contributed by atoms with Crippen LogP contribution in [-0.4, -0.2) is 26.2 Å². The van der Waals surface area contributed by atoms with Gasteiger partial charge in [0.15, 0.2) is 5.58 Å². The summed E-state index contributed by atoms with van der Waals surface area (Å²) in [5.41, 5.74) is 8.96. The number of aryl methyl sites for hydroxylation is 2. The number of nitriles is 1. The van der Waals surface area contributed by atoms with Crippen LogP contribution in [0.5, 0.6) is 0 Å². The summed E-state index contributed by atoms with van der Waals surface area (Å²) in [6.45, 7) is 3.93. The molecule has 0 bridgehead atoms. The Labute approximate surface area is 202 Å². The maximum Gasteiger partial charge on any atom is 0.355 e. The minimum absolute atomic E-state index is 0.00555. The second-order valence-corrected chi connectivity index (χ2v) is 7.99. The molecule has 178 valence electrons. The SMILES string of the molecule is CCc1oc2c(N3C(N)=C(C#N)C(c4ccccc4)C(C(=O)OC)=C3C(=O)OC)cccc2c1C. The molecule has 1 atom stereocenters. The van der Waals surface area contributed by atoms with Crippen molar-refractivity contribution >= 4 is 28.6 Å². The van der Waals surface area contributed by atoms with Crippen LogP contribution in [0, 0.1) is 18.3 Å². The first-order valence-electron chi connectivity index (χ1n) is 11.1. The number of rotatable bonds is 5. The third-order valence-electron chi connectivity index (χ3n) is 6.21. The zero-order chi connectivity index (χ0) is 25.3. The Balaban J connectivity index is 2.12. The molecule has 0 saturated heterocycles. The van der Waals surface area contributed by atoms with E-state index in [9.17, 15) is 14.9 Å². The minimum Gasteiger partial charge on any atom is -0.466 e. The highest BCUT2D eigenvalue weighted by Crippen LogP contribution is 2.45. The van der Waals surface area contributed by atoms with Gasteiger partial charge in [-0.15, -0.1) is 0 Å². The predicted octanol–water partition coefficient (Wildman–Crippen LogP) is 4.20. The van der Waals surface area contributed by atoms with E-state index in [1.54, 1.807) is 36.4 Å². The molecule has 1 aromatic heterocycles. The van der Waals surface area contributed by atoms with Gasteiger partial charge in [0, 0.05) is 11.8 Å². The molecule has 0 aliphatic carbocycles. The molecule has 0 fully saturated rings. The number of hydrogen-bond donors (Lipinski definition) is 1. The van der Waals surface area contributed by atoms with Gasteiger partial charge in [-0.25, -0.2) is 9.59 Å². The number of para-hydroxylation sites is 1. The monoisotopic (exact) mass is 471 g/mol. The summed E-state index contributed by atoms with van der Waals surface area (Å²) >= 11 is 0. The largest absolute Gasteiger partial charge is 0.466 e. The molecule has 2 N–H and O–H groups in total. The summed E-state index contributed by atoms with van der Waals surface area (Å²) in [7, 11) is 2.43. The number of ether oxygens (including phenoxy) is 2. The molecule has 0 radical (unpaired) electrons. The number of hydrogen-bond acceptors (Lipinski definition) is 8. The molecule has 4 rings (SSSR count). The van der Waals surface area contributed by atoms with E-state index in [1.165, 1.54) is 19.1 Å². The Hall–Kier alpha value is -4.51. The van der Waals surface area contributed by atoms with E-state index in [1.807, 2.05) is 26.0 Å². The number of anilines is 1. The van der Waals surface area contributed by atoms with Gasteiger partial charge in [-0.3, -0.25) is 4.90 Å². The van der Waals surface area contributed by atoms with Gasteiger partial charge < -0.3 is 19.6 Å². The molecular weight excluding hydrogens is 446 g/mol. The summed E-state index contributed by atoms with van der Waals surface area (Å²) in [6, 6.07) is 16.4. The van der Waals surface area contributed by atoms with E-state index < -0.39 is 17.9 Å². The number of methoxy groups -OCH3 is 2. The van der Waals surface area contributed by atoms with Crippen LogP contribution in [0.2, 0.25) is 0 Å². The lowest BCUT2D eigenvalue weighted by atomic mass is 9.81. The molecule has 35 heavy (non-hydrogen) atoms. The van der Waals surface area contributed by atoms with Crippen molar-refractivity contribution in [3.05, 3.63) is 88.1 Å². The number of allylic oxidation sites excluding steroid dienone is 1. The fourth-order valence-corrected chi connectivity index (χ4v) is 4.55. The van der Waals surface area contributed by atoms with Gasteiger partial charge in [0.1, 0.15) is 17.3 Å². The van der Waals surface area contributed by atoms with E-state index in [0.29, 0.717) is 23.3 Å². The highest BCUT2D eigenvalue weighted by molar-refractivity contribution is 6.08. The van der Waals surface area contributed by atoms with Crippen LogP contribution >= 0.6 is 0 Å². The van der Waals surface area contributed by atoms with Crippen molar-refractivity contribution in [2.45, 2.75) is 26.2 Å². The third kappa shape index (κ3) is 3.71. The first kappa shape index (κ1) is 23.6. The highest BCUT2D eigenvalue weighted by atomic mass is 16.5. The van der Waals surface area contributed by atoms with Crippen LogP contribution in [0.15, 0.2) is 75.6 Å². The first-order chi connectivity index (χ1) is 16.9. The summed E-state index contributed by atoms with van der Waals surface area (Å²) in [5, 5.41) is 11.0. The van der Waals surface area contributed by atoms with Gasteiger partial charge in [0.05, 0.1) is 43.0 Å². The number of nitrogens with zero attached hydrogens (tertiary/aromatic N) is 2. The van der Waals surface area contributed by atoms with Gasteiger partial charge >= 0.3 is 11.9 Å². The van der Waals surface area contributed by atoms with Crippen molar-refractivity contribution in [1.29, 1.82) is 5.26 Å². The molecule has 8 nitrogen and oxygen atoms in total. The molecule has 1 unspecified atom stereocenters. The van der Waals surface area contributed by atoms with Crippen molar-refractivity contribution < 1.29 is 23.5 Å². The summed E-state index contributed by atoms with van der Waals surface area (Å²) in [4.78, 5) is 27.8. The maximum atomic E-state index is 13.2. The molecule has 1 aliphatic rings. The Bertz CT molecular complexity index is 1430. The molecule has 2 heterocycles. The average Bonchev–Trinajstić information content (AvgIpc) is 3.23. The Kier molecular flexibility index (Phi) is 6.34. The molecule has 3 aromatic rings. The molecule has 0 saturated carbocycles. The van der Waals surface area contributed by atoms with E-state index in [2.05, 4.69) is 6.07 Å². The third-order valence-corrected chi connectivity index (χ3v) is 6.21. The van der Waals surface area contributed by atoms with E-state index >= 15 is 0 Å². The lowest BCUT2D eigenvalue weighted by Gasteiger charge is -2.35. The summed E-state index contributed by atoms with van der Waals surface area (Å²) in [6.07, 6.45) is 0.665. The zero-order valence-corrected chi connectivity index (χ0v) is 19.9. The Morgan fingerprint density at radius 2 is 1.77 bits per heavy atom.